The van der Waals surface area contributed by atoms with Gasteiger partial charge >= 0.3 is 0 Å². The lowest BCUT2D eigenvalue weighted by molar-refractivity contribution is 0.00626. The molecule has 5 nitrogen and oxygen atoms in total. The Kier molecular flexibility index (Phi) is 4.32. The summed E-state index contributed by atoms with van der Waals surface area (Å²) in [5.74, 6) is 0.949. The van der Waals surface area contributed by atoms with Crippen molar-refractivity contribution in [2.75, 3.05) is 6.61 Å². The molecule has 2 atom stereocenters. The van der Waals surface area contributed by atoms with Crippen LogP contribution in [-0.2, 0) is 11.2 Å². The van der Waals surface area contributed by atoms with Crippen LogP contribution in [0.2, 0.25) is 5.02 Å². The van der Waals surface area contributed by atoms with Gasteiger partial charge in [-0.15, -0.1) is 0 Å². The van der Waals surface area contributed by atoms with E-state index in [0.717, 1.165) is 47.2 Å². The van der Waals surface area contributed by atoms with Crippen molar-refractivity contribution >= 4 is 33.5 Å². The molecule has 0 saturated carbocycles. The maximum absolute atomic E-state index is 9.02. The van der Waals surface area contributed by atoms with Gasteiger partial charge in [-0.1, -0.05) is 11.6 Å². The lowest BCUT2D eigenvalue weighted by Gasteiger charge is -2.30. The second kappa shape index (κ2) is 6.62. The van der Waals surface area contributed by atoms with Crippen molar-refractivity contribution in [2.24, 2.45) is 0 Å². The van der Waals surface area contributed by atoms with E-state index in [0.29, 0.717) is 23.9 Å². The van der Waals surface area contributed by atoms with Crippen LogP contribution in [0, 0.1) is 11.3 Å². The lowest BCUT2D eigenvalue weighted by Crippen LogP contribution is -2.26. The first-order chi connectivity index (χ1) is 12.2. The van der Waals surface area contributed by atoms with Gasteiger partial charge in [-0.25, -0.2) is 4.98 Å². The molecule has 25 heavy (non-hydrogen) atoms. The number of aryl methyl sites for hydroxylation is 1. The molecule has 3 aromatic rings. The molecule has 0 bridgehead atoms. The SMILES string of the molecule is C[C@@H]1C[C@H](n2c(CCC#N)nc3cnc4ccc(Cl)cc4c32)CCO1. The zero-order valence-electron chi connectivity index (χ0n) is 14.1. The van der Waals surface area contributed by atoms with Crippen molar-refractivity contribution in [3.8, 4) is 6.07 Å². The number of pyridine rings is 1. The number of rotatable bonds is 3. The minimum absolute atomic E-state index is 0.219. The van der Waals surface area contributed by atoms with Crippen molar-refractivity contribution in [3.63, 3.8) is 0 Å². The monoisotopic (exact) mass is 354 g/mol. The van der Waals surface area contributed by atoms with Crippen LogP contribution in [0.15, 0.2) is 24.4 Å². The van der Waals surface area contributed by atoms with E-state index >= 15 is 0 Å². The fraction of sp³-hybridized carbons (Fsp3) is 0.421. The molecule has 0 unspecified atom stereocenters. The van der Waals surface area contributed by atoms with Crippen LogP contribution in [-0.4, -0.2) is 27.2 Å². The molecule has 1 aliphatic rings. The Morgan fingerprint density at radius 2 is 2.28 bits per heavy atom. The Morgan fingerprint density at radius 3 is 3.08 bits per heavy atom. The number of nitriles is 1. The number of benzene rings is 1. The minimum Gasteiger partial charge on any atom is -0.378 e. The molecule has 2 aromatic heterocycles. The zero-order valence-corrected chi connectivity index (χ0v) is 14.8. The van der Waals surface area contributed by atoms with Crippen molar-refractivity contribution in [1.82, 2.24) is 14.5 Å². The molecule has 0 aliphatic carbocycles. The van der Waals surface area contributed by atoms with Gasteiger partial charge < -0.3 is 9.30 Å². The maximum atomic E-state index is 9.02. The summed E-state index contributed by atoms with van der Waals surface area (Å²) in [6.07, 6.45) is 5.01. The van der Waals surface area contributed by atoms with Crippen molar-refractivity contribution < 1.29 is 4.74 Å². The molecule has 0 amide bonds. The number of fused-ring (bicyclic) bond motifs is 3. The topological polar surface area (TPSA) is 63.7 Å². The third-order valence-corrected chi connectivity index (χ3v) is 5.07. The molecule has 1 aliphatic heterocycles. The van der Waals surface area contributed by atoms with Gasteiger partial charge in [0.2, 0.25) is 0 Å². The van der Waals surface area contributed by atoms with Gasteiger partial charge in [-0.2, -0.15) is 5.26 Å². The summed E-state index contributed by atoms with van der Waals surface area (Å²) in [6, 6.07) is 8.30. The molecule has 3 heterocycles. The van der Waals surface area contributed by atoms with Crippen LogP contribution in [0.3, 0.4) is 0 Å². The molecular formula is C19H19ClN4O. The smallest absolute Gasteiger partial charge is 0.111 e. The summed E-state index contributed by atoms with van der Waals surface area (Å²) in [7, 11) is 0. The van der Waals surface area contributed by atoms with Crippen LogP contribution in [0.25, 0.3) is 21.9 Å². The first-order valence-electron chi connectivity index (χ1n) is 8.61. The largest absolute Gasteiger partial charge is 0.378 e. The van der Waals surface area contributed by atoms with Gasteiger partial charge in [-0.05, 0) is 38.0 Å². The summed E-state index contributed by atoms with van der Waals surface area (Å²) >= 11 is 6.25. The fourth-order valence-electron chi connectivity index (χ4n) is 3.74. The summed E-state index contributed by atoms with van der Waals surface area (Å²) in [6.45, 7) is 2.85. The average Bonchev–Trinajstić information content (AvgIpc) is 2.98. The van der Waals surface area contributed by atoms with Crippen LogP contribution < -0.4 is 0 Å². The van der Waals surface area contributed by atoms with E-state index in [1.807, 2.05) is 24.4 Å². The summed E-state index contributed by atoms with van der Waals surface area (Å²) in [5.41, 5.74) is 2.84. The molecule has 0 N–H and O–H groups in total. The van der Waals surface area contributed by atoms with Crippen LogP contribution >= 0.6 is 11.6 Å². The van der Waals surface area contributed by atoms with Gasteiger partial charge in [0, 0.05) is 35.9 Å². The number of nitrogens with zero attached hydrogens (tertiary/aromatic N) is 4. The van der Waals surface area contributed by atoms with Gasteiger partial charge in [0.1, 0.15) is 11.3 Å². The van der Waals surface area contributed by atoms with E-state index in [2.05, 4.69) is 22.5 Å². The van der Waals surface area contributed by atoms with Gasteiger partial charge in [-0.3, -0.25) is 4.98 Å². The van der Waals surface area contributed by atoms with E-state index in [4.69, 9.17) is 26.6 Å². The second-order valence-electron chi connectivity index (χ2n) is 6.57. The highest BCUT2D eigenvalue weighted by atomic mass is 35.5. The van der Waals surface area contributed by atoms with Crippen LogP contribution in [0.4, 0.5) is 0 Å². The minimum atomic E-state index is 0.219. The normalized spacial score (nSPS) is 20.8. The number of imidazole rings is 1. The molecule has 128 valence electrons. The Balaban J connectivity index is 1.97. The van der Waals surface area contributed by atoms with E-state index in [1.54, 1.807) is 0 Å². The predicted octanol–water partition coefficient (Wildman–Crippen LogP) is 4.43. The Hall–Kier alpha value is -2.16. The molecule has 4 rings (SSSR count). The van der Waals surface area contributed by atoms with Crippen molar-refractivity contribution in [2.45, 2.75) is 44.8 Å². The summed E-state index contributed by atoms with van der Waals surface area (Å²) < 4.78 is 8.04. The highest BCUT2D eigenvalue weighted by Gasteiger charge is 2.26. The molecule has 0 radical (unpaired) electrons. The predicted molar refractivity (Wildman–Crippen MR) is 97.7 cm³/mol. The van der Waals surface area contributed by atoms with E-state index in [-0.39, 0.29) is 6.10 Å². The van der Waals surface area contributed by atoms with Crippen LogP contribution in [0.5, 0.6) is 0 Å². The number of halogens is 1. The standard InChI is InChI=1S/C19H19ClN4O/c1-12-9-14(6-8-25-12)24-18(3-2-7-21)23-17-11-22-16-5-4-13(20)10-15(16)19(17)24/h4-5,10-12,14H,2-3,6,8-9H2,1H3/t12-,14-/m1/s1. The summed E-state index contributed by atoms with van der Waals surface area (Å²) in [4.78, 5) is 9.32. The van der Waals surface area contributed by atoms with Gasteiger partial charge in [0.25, 0.3) is 0 Å². The number of hydrogen-bond acceptors (Lipinski definition) is 4. The fourth-order valence-corrected chi connectivity index (χ4v) is 3.92. The molecule has 0 spiro atoms. The second-order valence-corrected chi connectivity index (χ2v) is 7.01. The third kappa shape index (κ3) is 2.97. The van der Waals surface area contributed by atoms with Crippen molar-refractivity contribution in [1.29, 1.82) is 5.26 Å². The summed E-state index contributed by atoms with van der Waals surface area (Å²) in [5, 5.41) is 10.7. The Labute approximate surface area is 151 Å². The molecule has 1 aromatic carbocycles. The van der Waals surface area contributed by atoms with Gasteiger partial charge in [0.15, 0.2) is 0 Å². The highest BCUT2D eigenvalue weighted by molar-refractivity contribution is 6.31. The number of aromatic nitrogens is 3. The molecular weight excluding hydrogens is 336 g/mol. The Bertz CT molecular complexity index is 975. The van der Waals surface area contributed by atoms with E-state index < -0.39 is 0 Å². The number of hydrogen-bond donors (Lipinski definition) is 0. The first-order valence-corrected chi connectivity index (χ1v) is 8.99. The molecule has 6 heteroatoms. The first kappa shape index (κ1) is 16.3. The lowest BCUT2D eigenvalue weighted by atomic mass is 10.0. The quantitative estimate of drug-likeness (QED) is 0.697. The van der Waals surface area contributed by atoms with E-state index in [9.17, 15) is 0 Å². The van der Waals surface area contributed by atoms with Gasteiger partial charge in [0.05, 0.1) is 29.4 Å². The van der Waals surface area contributed by atoms with Crippen molar-refractivity contribution in [3.05, 3.63) is 35.2 Å². The molecule has 1 fully saturated rings. The third-order valence-electron chi connectivity index (χ3n) is 4.83. The molecule has 1 saturated heterocycles. The zero-order chi connectivity index (χ0) is 17.4. The maximum Gasteiger partial charge on any atom is 0.111 e. The van der Waals surface area contributed by atoms with Crippen LogP contribution in [0.1, 0.15) is 38.1 Å². The number of ether oxygens (including phenoxy) is 1. The van der Waals surface area contributed by atoms with E-state index in [1.165, 1.54) is 0 Å². The highest BCUT2D eigenvalue weighted by Crippen LogP contribution is 2.34. The average molecular weight is 355 g/mol. The Morgan fingerprint density at radius 1 is 1.40 bits per heavy atom.